The van der Waals surface area contributed by atoms with Crippen LogP contribution < -0.4 is 0 Å². The molecule has 2 atom stereocenters. The van der Waals surface area contributed by atoms with E-state index in [9.17, 15) is 4.79 Å². The van der Waals surface area contributed by atoms with Crippen LogP contribution in [0.2, 0.25) is 0 Å². The van der Waals surface area contributed by atoms with Crippen LogP contribution in [0.5, 0.6) is 0 Å². The van der Waals surface area contributed by atoms with Crippen LogP contribution in [0.25, 0.3) is 0 Å². The van der Waals surface area contributed by atoms with E-state index in [1.807, 2.05) is 39.0 Å². The molecular weight excluding hydrogens is 244 g/mol. The molecule has 0 aliphatic carbocycles. The van der Waals surface area contributed by atoms with Gasteiger partial charge in [0, 0.05) is 0 Å². The zero-order valence-corrected chi connectivity index (χ0v) is 11.6. The second-order valence-electron chi connectivity index (χ2n) is 5.09. The summed E-state index contributed by atoms with van der Waals surface area (Å²) in [4.78, 5) is 12.0. The summed E-state index contributed by atoms with van der Waals surface area (Å²) in [6, 6.07) is 8.98. The third-order valence-electron chi connectivity index (χ3n) is 3.12. The van der Waals surface area contributed by atoms with E-state index in [-0.39, 0.29) is 18.2 Å². The first-order chi connectivity index (χ1) is 9.02. The van der Waals surface area contributed by atoms with Crippen LogP contribution in [-0.2, 0) is 14.2 Å². The van der Waals surface area contributed by atoms with Crippen molar-refractivity contribution in [2.75, 3.05) is 6.61 Å². The van der Waals surface area contributed by atoms with Gasteiger partial charge in [0.1, 0.15) is 12.2 Å². The molecule has 1 heterocycles. The van der Waals surface area contributed by atoms with E-state index >= 15 is 0 Å². The largest absolute Gasteiger partial charge is 0.456 e. The summed E-state index contributed by atoms with van der Waals surface area (Å²) in [5.41, 5.74) is 0.555. The molecular formula is C15H20O4. The maximum atomic E-state index is 12.0. The quantitative estimate of drug-likeness (QED) is 0.784. The fourth-order valence-electron chi connectivity index (χ4n) is 2.10. The Bertz CT molecular complexity index is 427. The van der Waals surface area contributed by atoms with Gasteiger partial charge in [-0.3, -0.25) is 0 Å². The fourth-order valence-corrected chi connectivity index (χ4v) is 2.10. The van der Waals surface area contributed by atoms with E-state index in [1.165, 1.54) is 0 Å². The van der Waals surface area contributed by atoms with Crippen molar-refractivity contribution in [1.29, 1.82) is 0 Å². The van der Waals surface area contributed by atoms with Crippen molar-refractivity contribution in [3.8, 4) is 0 Å². The highest BCUT2D eigenvalue weighted by molar-refractivity contribution is 5.89. The van der Waals surface area contributed by atoms with Crippen molar-refractivity contribution in [2.45, 2.75) is 45.2 Å². The Morgan fingerprint density at radius 3 is 2.63 bits per heavy atom. The van der Waals surface area contributed by atoms with Crippen molar-refractivity contribution in [3.05, 3.63) is 35.9 Å². The predicted molar refractivity (Wildman–Crippen MR) is 70.8 cm³/mol. The zero-order valence-electron chi connectivity index (χ0n) is 11.6. The molecule has 0 aromatic heterocycles. The average Bonchev–Trinajstić information content (AvgIpc) is 2.77. The highest BCUT2D eigenvalue weighted by Gasteiger charge is 2.38. The lowest BCUT2D eigenvalue weighted by Gasteiger charge is -2.23. The molecule has 1 saturated heterocycles. The number of esters is 1. The fraction of sp³-hybridized carbons (Fsp3) is 0.533. The average molecular weight is 264 g/mol. The third kappa shape index (κ3) is 3.55. The molecule has 0 radical (unpaired) electrons. The number of hydrogen-bond acceptors (Lipinski definition) is 4. The summed E-state index contributed by atoms with van der Waals surface area (Å²) in [6.07, 6.45) is 0.213. The maximum absolute atomic E-state index is 12.0. The molecule has 1 aromatic rings. The van der Waals surface area contributed by atoms with Crippen LogP contribution in [0.4, 0.5) is 0 Å². The van der Waals surface area contributed by atoms with Crippen LogP contribution in [0.1, 0.15) is 37.6 Å². The Balaban J connectivity index is 1.98. The summed E-state index contributed by atoms with van der Waals surface area (Å²) >= 11 is 0. The zero-order chi connectivity index (χ0) is 13.9. The van der Waals surface area contributed by atoms with Crippen LogP contribution in [-0.4, -0.2) is 30.6 Å². The molecule has 0 spiro atoms. The smallest absolute Gasteiger partial charge is 0.338 e. The molecule has 0 unspecified atom stereocenters. The van der Waals surface area contributed by atoms with Crippen molar-refractivity contribution >= 4 is 5.97 Å². The Labute approximate surface area is 113 Å². The highest BCUT2D eigenvalue weighted by Crippen LogP contribution is 2.26. The minimum absolute atomic E-state index is 0.201. The van der Waals surface area contributed by atoms with Crippen LogP contribution in [0.15, 0.2) is 30.3 Å². The van der Waals surface area contributed by atoms with Gasteiger partial charge in [0.15, 0.2) is 5.79 Å². The Kier molecular flexibility index (Phi) is 4.22. The molecule has 4 heteroatoms. The van der Waals surface area contributed by atoms with Gasteiger partial charge < -0.3 is 14.2 Å². The third-order valence-corrected chi connectivity index (χ3v) is 3.12. The molecule has 0 bridgehead atoms. The van der Waals surface area contributed by atoms with Crippen molar-refractivity contribution in [1.82, 2.24) is 0 Å². The van der Waals surface area contributed by atoms with Crippen LogP contribution >= 0.6 is 0 Å². The van der Waals surface area contributed by atoms with E-state index in [1.54, 1.807) is 12.1 Å². The van der Waals surface area contributed by atoms with Gasteiger partial charge in [-0.1, -0.05) is 25.1 Å². The second-order valence-corrected chi connectivity index (χ2v) is 5.09. The number of carbonyl (C=O) groups excluding carboxylic acids is 1. The van der Waals surface area contributed by atoms with E-state index < -0.39 is 5.79 Å². The summed E-state index contributed by atoms with van der Waals surface area (Å²) in [7, 11) is 0. The Morgan fingerprint density at radius 2 is 2.11 bits per heavy atom. The van der Waals surface area contributed by atoms with Crippen molar-refractivity contribution in [2.24, 2.45) is 0 Å². The molecule has 1 fully saturated rings. The lowest BCUT2D eigenvalue weighted by atomic mass is 10.1. The number of benzene rings is 1. The van der Waals surface area contributed by atoms with Gasteiger partial charge >= 0.3 is 5.97 Å². The minimum atomic E-state index is -0.600. The predicted octanol–water partition coefficient (Wildman–Crippen LogP) is 2.77. The van der Waals surface area contributed by atoms with E-state index in [2.05, 4.69) is 0 Å². The molecule has 1 aliphatic heterocycles. The first kappa shape index (κ1) is 14.0. The first-order valence-corrected chi connectivity index (χ1v) is 6.59. The summed E-state index contributed by atoms with van der Waals surface area (Å²) in [5.74, 6) is -0.919. The maximum Gasteiger partial charge on any atom is 0.338 e. The van der Waals surface area contributed by atoms with Crippen LogP contribution in [0, 0.1) is 0 Å². The SMILES string of the molecule is CC[C@@H](OC(=O)c1ccccc1)[C@@H]1COC(C)(C)O1. The molecule has 4 nitrogen and oxygen atoms in total. The van der Waals surface area contributed by atoms with Gasteiger partial charge in [-0.2, -0.15) is 0 Å². The van der Waals surface area contributed by atoms with Crippen LogP contribution in [0.3, 0.4) is 0 Å². The van der Waals surface area contributed by atoms with Gasteiger partial charge in [-0.25, -0.2) is 4.79 Å². The molecule has 0 N–H and O–H groups in total. The monoisotopic (exact) mass is 264 g/mol. The highest BCUT2D eigenvalue weighted by atomic mass is 16.7. The minimum Gasteiger partial charge on any atom is -0.456 e. The molecule has 2 rings (SSSR count). The topological polar surface area (TPSA) is 44.8 Å². The standard InChI is InChI=1S/C15H20O4/c1-4-12(13-10-17-15(2,3)19-13)18-14(16)11-8-6-5-7-9-11/h5-9,12-13H,4,10H2,1-3H3/t12-,13+/m1/s1. The molecule has 1 aromatic carbocycles. The lowest BCUT2D eigenvalue weighted by Crippen LogP contribution is -2.34. The second kappa shape index (κ2) is 5.72. The van der Waals surface area contributed by atoms with Crippen molar-refractivity contribution < 1.29 is 19.0 Å². The Morgan fingerprint density at radius 1 is 1.42 bits per heavy atom. The normalized spacial score (nSPS) is 23.0. The van der Waals surface area contributed by atoms with Gasteiger partial charge in [0.2, 0.25) is 0 Å². The van der Waals surface area contributed by atoms with E-state index in [4.69, 9.17) is 14.2 Å². The van der Waals surface area contributed by atoms with Gasteiger partial charge in [-0.15, -0.1) is 0 Å². The van der Waals surface area contributed by atoms with Gasteiger partial charge in [0.25, 0.3) is 0 Å². The Hall–Kier alpha value is -1.39. The van der Waals surface area contributed by atoms with Gasteiger partial charge in [-0.05, 0) is 32.4 Å². The van der Waals surface area contributed by atoms with E-state index in [0.29, 0.717) is 18.6 Å². The van der Waals surface area contributed by atoms with E-state index in [0.717, 1.165) is 0 Å². The number of rotatable bonds is 4. The summed E-state index contributed by atoms with van der Waals surface area (Å²) < 4.78 is 16.8. The van der Waals surface area contributed by atoms with Crippen molar-refractivity contribution in [3.63, 3.8) is 0 Å². The molecule has 0 amide bonds. The number of ether oxygens (including phenoxy) is 3. The summed E-state index contributed by atoms with van der Waals surface area (Å²) in [5, 5.41) is 0. The number of carbonyl (C=O) groups is 1. The van der Waals surface area contributed by atoms with Gasteiger partial charge in [0.05, 0.1) is 12.2 Å². The first-order valence-electron chi connectivity index (χ1n) is 6.59. The number of hydrogen-bond donors (Lipinski definition) is 0. The molecule has 0 saturated carbocycles. The lowest BCUT2D eigenvalue weighted by molar-refractivity contribution is -0.151. The molecule has 19 heavy (non-hydrogen) atoms. The molecule has 1 aliphatic rings. The molecule has 104 valence electrons. The summed E-state index contributed by atoms with van der Waals surface area (Å²) in [6.45, 7) is 6.14.